The van der Waals surface area contributed by atoms with Crippen molar-refractivity contribution in [3.63, 3.8) is 0 Å². The summed E-state index contributed by atoms with van der Waals surface area (Å²) in [4.78, 5) is 1.03. The second-order valence-electron chi connectivity index (χ2n) is 5.66. The predicted molar refractivity (Wildman–Crippen MR) is 83.2 cm³/mol. The first kappa shape index (κ1) is 15.4. The molecule has 0 aliphatic rings. The van der Waals surface area contributed by atoms with Crippen molar-refractivity contribution < 1.29 is 0 Å². The maximum atomic E-state index is 6.34. The molecule has 0 radical (unpaired) electrons. The van der Waals surface area contributed by atoms with Crippen LogP contribution >= 0.6 is 23.4 Å². The Morgan fingerprint density at radius 1 is 1.35 bits per heavy atom. The zero-order valence-electron chi connectivity index (χ0n) is 12.1. The van der Waals surface area contributed by atoms with E-state index in [9.17, 15) is 0 Å². The molecule has 2 aromatic rings. The van der Waals surface area contributed by atoms with Gasteiger partial charge in [-0.2, -0.15) is 0 Å². The van der Waals surface area contributed by atoms with Gasteiger partial charge in [0.05, 0.1) is 5.02 Å². The van der Waals surface area contributed by atoms with E-state index in [0.29, 0.717) is 0 Å². The lowest BCUT2D eigenvalue weighted by Crippen LogP contribution is -2.35. The van der Waals surface area contributed by atoms with Crippen molar-refractivity contribution in [3.8, 4) is 0 Å². The summed E-state index contributed by atoms with van der Waals surface area (Å²) in [5.74, 6) is 0. The molecule has 0 saturated carbocycles. The van der Waals surface area contributed by atoms with Crippen LogP contribution in [0.25, 0.3) is 0 Å². The highest BCUT2D eigenvalue weighted by atomic mass is 35.5. The van der Waals surface area contributed by atoms with Crippen LogP contribution < -0.4 is 5.32 Å². The van der Waals surface area contributed by atoms with Crippen LogP contribution in [0.4, 0.5) is 0 Å². The molecule has 0 atom stereocenters. The van der Waals surface area contributed by atoms with Gasteiger partial charge in [-0.1, -0.05) is 23.7 Å². The van der Waals surface area contributed by atoms with E-state index < -0.39 is 0 Å². The van der Waals surface area contributed by atoms with Gasteiger partial charge in [0, 0.05) is 24.0 Å². The van der Waals surface area contributed by atoms with Crippen molar-refractivity contribution in [3.05, 3.63) is 35.1 Å². The third kappa shape index (κ3) is 3.98. The molecule has 1 aromatic heterocycles. The van der Waals surface area contributed by atoms with Gasteiger partial charge in [-0.05, 0) is 44.2 Å². The molecule has 0 aliphatic heterocycles. The monoisotopic (exact) mass is 310 g/mol. The summed E-state index contributed by atoms with van der Waals surface area (Å²) in [7, 11) is 1.92. The molecule has 0 unspecified atom stereocenters. The fraction of sp³-hybridized carbons (Fsp3) is 0.429. The van der Waals surface area contributed by atoms with Crippen molar-refractivity contribution in [2.24, 2.45) is 7.05 Å². The Kier molecular flexibility index (Phi) is 4.73. The van der Waals surface area contributed by atoms with Crippen LogP contribution in [0.2, 0.25) is 5.02 Å². The minimum absolute atomic E-state index is 0.0645. The van der Waals surface area contributed by atoms with Gasteiger partial charge >= 0.3 is 0 Å². The first-order valence-electron chi connectivity index (χ1n) is 6.41. The zero-order valence-corrected chi connectivity index (χ0v) is 13.7. The fourth-order valence-corrected chi connectivity index (χ4v) is 2.83. The standard InChI is InChI=1S/C14H19ClN4S/c1-14(2,3)16-8-10-6-5-7-11(15)12(10)20-13-18-17-9-19(13)4/h5-7,9,16H,8H2,1-4H3. The highest BCUT2D eigenvalue weighted by Crippen LogP contribution is 2.34. The van der Waals surface area contributed by atoms with Gasteiger partial charge in [0.25, 0.3) is 0 Å². The molecule has 0 bridgehead atoms. The smallest absolute Gasteiger partial charge is 0.195 e. The number of benzene rings is 1. The summed E-state index contributed by atoms with van der Waals surface area (Å²) >= 11 is 7.88. The molecular weight excluding hydrogens is 292 g/mol. The Bertz CT molecular complexity index is 589. The third-order valence-corrected chi connectivity index (χ3v) is 4.39. The number of aryl methyl sites for hydroxylation is 1. The second-order valence-corrected chi connectivity index (χ2v) is 7.04. The van der Waals surface area contributed by atoms with E-state index in [-0.39, 0.29) is 5.54 Å². The number of aromatic nitrogens is 3. The Morgan fingerprint density at radius 2 is 2.10 bits per heavy atom. The number of nitrogens with zero attached hydrogens (tertiary/aromatic N) is 3. The van der Waals surface area contributed by atoms with E-state index in [1.54, 1.807) is 18.1 Å². The molecule has 0 fully saturated rings. The van der Waals surface area contributed by atoms with Crippen LogP contribution in [-0.2, 0) is 13.6 Å². The number of halogens is 1. The van der Waals surface area contributed by atoms with Crippen LogP contribution in [0.3, 0.4) is 0 Å². The van der Waals surface area contributed by atoms with Gasteiger partial charge in [0.2, 0.25) is 0 Å². The highest BCUT2D eigenvalue weighted by Gasteiger charge is 2.14. The Balaban J connectivity index is 2.25. The quantitative estimate of drug-likeness (QED) is 0.938. The van der Waals surface area contributed by atoms with Crippen molar-refractivity contribution >= 4 is 23.4 Å². The highest BCUT2D eigenvalue weighted by molar-refractivity contribution is 7.99. The molecule has 20 heavy (non-hydrogen) atoms. The predicted octanol–water partition coefficient (Wildman–Crippen LogP) is 3.51. The Morgan fingerprint density at radius 3 is 2.70 bits per heavy atom. The van der Waals surface area contributed by atoms with Crippen LogP contribution in [0.5, 0.6) is 0 Å². The van der Waals surface area contributed by atoms with Crippen LogP contribution in [0.15, 0.2) is 34.6 Å². The summed E-state index contributed by atoms with van der Waals surface area (Å²) in [6, 6.07) is 5.97. The molecule has 4 nitrogen and oxygen atoms in total. The molecular formula is C14H19ClN4S. The lowest BCUT2D eigenvalue weighted by atomic mass is 10.1. The third-order valence-electron chi connectivity index (χ3n) is 2.72. The number of hydrogen-bond acceptors (Lipinski definition) is 4. The van der Waals surface area contributed by atoms with Crippen LogP contribution in [0.1, 0.15) is 26.3 Å². The lowest BCUT2D eigenvalue weighted by molar-refractivity contribution is 0.422. The molecule has 1 aromatic carbocycles. The molecule has 1 heterocycles. The van der Waals surface area contributed by atoms with E-state index in [4.69, 9.17) is 11.6 Å². The minimum atomic E-state index is 0.0645. The zero-order chi connectivity index (χ0) is 14.8. The maximum Gasteiger partial charge on any atom is 0.195 e. The van der Waals surface area contributed by atoms with Gasteiger partial charge < -0.3 is 9.88 Å². The largest absolute Gasteiger partial charge is 0.311 e. The van der Waals surface area contributed by atoms with Crippen LogP contribution in [0, 0.1) is 0 Å². The molecule has 0 amide bonds. The number of rotatable bonds is 4. The van der Waals surface area contributed by atoms with Gasteiger partial charge in [-0.25, -0.2) is 0 Å². The summed E-state index contributed by atoms with van der Waals surface area (Å²) in [6.07, 6.45) is 1.69. The summed E-state index contributed by atoms with van der Waals surface area (Å²) in [6.45, 7) is 7.21. The minimum Gasteiger partial charge on any atom is -0.311 e. The molecule has 0 saturated heterocycles. The Labute approximate surface area is 128 Å². The lowest BCUT2D eigenvalue weighted by Gasteiger charge is -2.21. The molecule has 2 rings (SSSR count). The van der Waals surface area contributed by atoms with Gasteiger partial charge in [0.1, 0.15) is 6.33 Å². The van der Waals surface area contributed by atoms with Crippen molar-refractivity contribution in [2.45, 2.75) is 42.9 Å². The number of nitrogens with one attached hydrogen (secondary N) is 1. The van der Waals surface area contributed by atoms with Crippen LogP contribution in [-0.4, -0.2) is 20.3 Å². The summed E-state index contributed by atoms with van der Waals surface area (Å²) in [5.41, 5.74) is 1.23. The van der Waals surface area contributed by atoms with Crippen molar-refractivity contribution in [1.82, 2.24) is 20.1 Å². The average Bonchev–Trinajstić information content (AvgIpc) is 2.75. The van der Waals surface area contributed by atoms with E-state index in [1.807, 2.05) is 23.7 Å². The van der Waals surface area contributed by atoms with E-state index in [0.717, 1.165) is 21.6 Å². The summed E-state index contributed by atoms with van der Waals surface area (Å²) in [5, 5.41) is 13.1. The maximum absolute atomic E-state index is 6.34. The van der Waals surface area contributed by atoms with Crippen molar-refractivity contribution in [2.75, 3.05) is 0 Å². The normalized spacial score (nSPS) is 11.8. The average molecular weight is 311 g/mol. The van der Waals surface area contributed by atoms with Gasteiger partial charge in [-0.3, -0.25) is 0 Å². The second kappa shape index (κ2) is 6.16. The first-order valence-corrected chi connectivity index (χ1v) is 7.60. The van der Waals surface area contributed by atoms with Gasteiger partial charge in [0.15, 0.2) is 5.16 Å². The first-order chi connectivity index (χ1) is 9.37. The van der Waals surface area contributed by atoms with E-state index in [2.05, 4.69) is 42.4 Å². The number of hydrogen-bond donors (Lipinski definition) is 1. The Hall–Kier alpha value is -1.04. The molecule has 6 heteroatoms. The molecule has 108 valence electrons. The SMILES string of the molecule is Cn1cnnc1Sc1c(Cl)cccc1CNC(C)(C)C. The van der Waals surface area contributed by atoms with E-state index in [1.165, 1.54) is 5.56 Å². The van der Waals surface area contributed by atoms with Gasteiger partial charge in [-0.15, -0.1) is 10.2 Å². The fourth-order valence-electron chi connectivity index (χ4n) is 1.62. The van der Waals surface area contributed by atoms with Crippen molar-refractivity contribution in [1.29, 1.82) is 0 Å². The topological polar surface area (TPSA) is 42.7 Å². The van der Waals surface area contributed by atoms with E-state index >= 15 is 0 Å². The summed E-state index contributed by atoms with van der Waals surface area (Å²) < 4.78 is 1.88. The molecule has 1 N–H and O–H groups in total. The molecule has 0 spiro atoms. The molecule has 0 aliphatic carbocycles.